The van der Waals surface area contributed by atoms with Gasteiger partial charge < -0.3 is 9.47 Å². The Morgan fingerprint density at radius 3 is 3.40 bits per heavy atom. The van der Waals surface area contributed by atoms with E-state index >= 15 is 0 Å². The second-order valence-corrected chi connectivity index (χ2v) is 2.65. The Labute approximate surface area is 60.1 Å². The Bertz CT molecular complexity index is 203. The van der Waals surface area contributed by atoms with Gasteiger partial charge >= 0.3 is 0 Å². The quantitative estimate of drug-likeness (QED) is 0.506. The Morgan fingerprint density at radius 2 is 2.50 bits per heavy atom. The lowest BCUT2D eigenvalue weighted by atomic mass is 10.1. The topological polar surface area (TPSA) is 18.5 Å². The summed E-state index contributed by atoms with van der Waals surface area (Å²) < 4.78 is 10.5. The molecule has 0 aromatic carbocycles. The number of hydrogen-bond donors (Lipinski definition) is 0. The van der Waals surface area contributed by atoms with Crippen LogP contribution in [0.3, 0.4) is 0 Å². The van der Waals surface area contributed by atoms with Crippen molar-refractivity contribution in [1.82, 2.24) is 0 Å². The van der Waals surface area contributed by atoms with Crippen LogP contribution in [-0.4, -0.2) is 12.9 Å². The third-order valence-corrected chi connectivity index (χ3v) is 1.84. The summed E-state index contributed by atoms with van der Waals surface area (Å²) in [5.41, 5.74) is 1.27. The van der Waals surface area contributed by atoms with Crippen molar-refractivity contribution in [3.8, 4) is 0 Å². The molecular formula is C8H10O2. The van der Waals surface area contributed by atoms with Gasteiger partial charge in [-0.2, -0.15) is 0 Å². The summed E-state index contributed by atoms with van der Waals surface area (Å²) in [7, 11) is 0. The van der Waals surface area contributed by atoms with Crippen LogP contribution < -0.4 is 0 Å². The van der Waals surface area contributed by atoms with Gasteiger partial charge in [-0.05, 0) is 19.4 Å². The molecule has 54 valence electrons. The molecule has 0 unspecified atom stereocenters. The summed E-state index contributed by atoms with van der Waals surface area (Å²) >= 11 is 0. The standard InChI is InChI=1S/C8H10O2/c1-6-2-3-7-8(4-6)10-5-9-7/h2,4,7H,3,5H2,1H3/t7-/m0/s1. The van der Waals surface area contributed by atoms with Crippen molar-refractivity contribution < 1.29 is 9.47 Å². The zero-order valence-corrected chi connectivity index (χ0v) is 5.96. The molecule has 2 aliphatic rings. The summed E-state index contributed by atoms with van der Waals surface area (Å²) in [6, 6.07) is 0. The molecule has 0 aromatic rings. The summed E-state index contributed by atoms with van der Waals surface area (Å²) in [6.07, 6.45) is 5.39. The highest BCUT2D eigenvalue weighted by molar-refractivity contribution is 5.26. The highest BCUT2D eigenvalue weighted by Crippen LogP contribution is 2.25. The van der Waals surface area contributed by atoms with E-state index in [0.29, 0.717) is 6.79 Å². The van der Waals surface area contributed by atoms with Crippen LogP contribution in [0.2, 0.25) is 0 Å². The molecule has 2 heteroatoms. The fraction of sp³-hybridized carbons (Fsp3) is 0.500. The van der Waals surface area contributed by atoms with E-state index in [-0.39, 0.29) is 6.10 Å². The predicted octanol–water partition coefficient (Wildman–Crippen LogP) is 1.59. The molecule has 0 saturated carbocycles. The molecule has 10 heavy (non-hydrogen) atoms. The molecule has 2 nitrogen and oxygen atoms in total. The van der Waals surface area contributed by atoms with Crippen LogP contribution in [-0.2, 0) is 9.47 Å². The molecular weight excluding hydrogens is 128 g/mol. The molecule has 0 bridgehead atoms. The molecule has 1 saturated heterocycles. The van der Waals surface area contributed by atoms with E-state index in [9.17, 15) is 0 Å². The summed E-state index contributed by atoms with van der Waals surface area (Å²) in [5.74, 6) is 1.00. The number of rotatable bonds is 0. The average Bonchev–Trinajstić information content (AvgIpc) is 2.33. The first-order chi connectivity index (χ1) is 4.86. The second kappa shape index (κ2) is 2.13. The molecule has 0 spiro atoms. The minimum absolute atomic E-state index is 0.212. The summed E-state index contributed by atoms with van der Waals surface area (Å²) in [5, 5.41) is 0. The van der Waals surface area contributed by atoms with E-state index in [1.807, 2.05) is 6.08 Å². The Morgan fingerprint density at radius 1 is 1.60 bits per heavy atom. The van der Waals surface area contributed by atoms with Crippen molar-refractivity contribution in [1.29, 1.82) is 0 Å². The number of fused-ring (bicyclic) bond motifs is 1. The first-order valence-electron chi connectivity index (χ1n) is 3.49. The van der Waals surface area contributed by atoms with E-state index in [1.54, 1.807) is 0 Å². The van der Waals surface area contributed by atoms with Gasteiger partial charge in [-0.15, -0.1) is 0 Å². The molecule has 1 heterocycles. The first kappa shape index (κ1) is 5.98. The third-order valence-electron chi connectivity index (χ3n) is 1.84. The van der Waals surface area contributed by atoms with E-state index in [2.05, 4.69) is 13.0 Å². The molecule has 1 atom stereocenters. The molecule has 1 fully saturated rings. The summed E-state index contributed by atoms with van der Waals surface area (Å²) in [4.78, 5) is 0. The minimum Gasteiger partial charge on any atom is -0.469 e. The number of hydrogen-bond acceptors (Lipinski definition) is 2. The van der Waals surface area contributed by atoms with Crippen LogP contribution in [0.15, 0.2) is 23.5 Å². The van der Waals surface area contributed by atoms with Gasteiger partial charge in [-0.3, -0.25) is 0 Å². The van der Waals surface area contributed by atoms with E-state index < -0.39 is 0 Å². The Hall–Kier alpha value is -0.760. The first-order valence-corrected chi connectivity index (χ1v) is 3.49. The van der Waals surface area contributed by atoms with Crippen LogP contribution in [0.1, 0.15) is 13.3 Å². The van der Waals surface area contributed by atoms with Crippen molar-refractivity contribution in [2.24, 2.45) is 0 Å². The Balaban J connectivity index is 2.24. The van der Waals surface area contributed by atoms with Crippen LogP contribution in [0.25, 0.3) is 0 Å². The van der Waals surface area contributed by atoms with Crippen molar-refractivity contribution in [2.75, 3.05) is 6.79 Å². The fourth-order valence-electron chi connectivity index (χ4n) is 1.25. The van der Waals surface area contributed by atoms with Gasteiger partial charge in [0.25, 0.3) is 0 Å². The molecule has 0 amide bonds. The summed E-state index contributed by atoms with van der Waals surface area (Å²) in [6.45, 7) is 2.50. The normalized spacial score (nSPS) is 30.3. The predicted molar refractivity (Wildman–Crippen MR) is 37.3 cm³/mol. The maximum Gasteiger partial charge on any atom is 0.189 e. The SMILES string of the molecule is CC1=CC[C@@H]2OCOC2=C1. The molecule has 0 radical (unpaired) electrons. The number of ether oxygens (including phenoxy) is 2. The molecule has 0 aromatic heterocycles. The zero-order chi connectivity index (χ0) is 6.97. The van der Waals surface area contributed by atoms with Gasteiger partial charge in [-0.25, -0.2) is 0 Å². The minimum atomic E-state index is 0.212. The third kappa shape index (κ3) is 0.847. The Kier molecular flexibility index (Phi) is 1.27. The lowest BCUT2D eigenvalue weighted by molar-refractivity contribution is 0.0509. The van der Waals surface area contributed by atoms with Crippen molar-refractivity contribution in [2.45, 2.75) is 19.4 Å². The van der Waals surface area contributed by atoms with Gasteiger partial charge in [0.05, 0.1) is 0 Å². The molecule has 1 aliphatic heterocycles. The van der Waals surface area contributed by atoms with E-state index in [4.69, 9.17) is 9.47 Å². The lowest BCUT2D eigenvalue weighted by Crippen LogP contribution is -2.09. The smallest absolute Gasteiger partial charge is 0.189 e. The highest BCUT2D eigenvalue weighted by atomic mass is 16.7. The van der Waals surface area contributed by atoms with Crippen molar-refractivity contribution in [3.05, 3.63) is 23.5 Å². The molecule has 2 rings (SSSR count). The zero-order valence-electron chi connectivity index (χ0n) is 5.96. The maximum absolute atomic E-state index is 5.27. The average molecular weight is 138 g/mol. The highest BCUT2D eigenvalue weighted by Gasteiger charge is 2.24. The van der Waals surface area contributed by atoms with Gasteiger partial charge in [0.15, 0.2) is 6.79 Å². The van der Waals surface area contributed by atoms with Gasteiger partial charge in [-0.1, -0.05) is 11.6 Å². The monoisotopic (exact) mass is 138 g/mol. The molecule has 0 N–H and O–H groups in total. The lowest BCUT2D eigenvalue weighted by Gasteiger charge is -2.10. The van der Waals surface area contributed by atoms with Gasteiger partial charge in [0.1, 0.15) is 11.9 Å². The van der Waals surface area contributed by atoms with E-state index in [0.717, 1.165) is 12.2 Å². The van der Waals surface area contributed by atoms with Crippen LogP contribution in [0, 0.1) is 0 Å². The van der Waals surface area contributed by atoms with Crippen LogP contribution in [0.4, 0.5) is 0 Å². The largest absolute Gasteiger partial charge is 0.469 e. The maximum atomic E-state index is 5.27. The van der Waals surface area contributed by atoms with Crippen molar-refractivity contribution in [3.63, 3.8) is 0 Å². The van der Waals surface area contributed by atoms with Crippen LogP contribution >= 0.6 is 0 Å². The molecule has 1 aliphatic carbocycles. The van der Waals surface area contributed by atoms with Crippen LogP contribution in [0.5, 0.6) is 0 Å². The second-order valence-electron chi connectivity index (χ2n) is 2.65. The number of allylic oxidation sites excluding steroid dienone is 2. The van der Waals surface area contributed by atoms with Gasteiger partial charge in [0.2, 0.25) is 0 Å². The van der Waals surface area contributed by atoms with E-state index in [1.165, 1.54) is 5.57 Å². The van der Waals surface area contributed by atoms with Crippen molar-refractivity contribution >= 4 is 0 Å². The fourth-order valence-corrected chi connectivity index (χ4v) is 1.25. The van der Waals surface area contributed by atoms with Gasteiger partial charge in [0, 0.05) is 0 Å².